The molecule has 0 bridgehead atoms. The maximum Gasteiger partial charge on any atom is 0.411 e. The molecule has 2 amide bonds. The number of benzene rings is 2. The Morgan fingerprint density at radius 1 is 1.07 bits per heavy atom. The van der Waals surface area contributed by atoms with E-state index in [-0.39, 0.29) is 30.2 Å². The average molecular weight is 619 g/mol. The lowest BCUT2D eigenvalue weighted by atomic mass is 9.90. The lowest BCUT2D eigenvalue weighted by Gasteiger charge is -2.36. The van der Waals surface area contributed by atoms with Gasteiger partial charge in [0.05, 0.1) is 19.3 Å². The molecule has 3 aromatic rings. The van der Waals surface area contributed by atoms with E-state index in [1.165, 1.54) is 18.1 Å². The van der Waals surface area contributed by atoms with E-state index >= 15 is 0 Å². The van der Waals surface area contributed by atoms with Crippen LogP contribution in [0.4, 0.5) is 9.18 Å². The fourth-order valence-corrected chi connectivity index (χ4v) is 6.17. The molecule has 5 rings (SSSR count). The summed E-state index contributed by atoms with van der Waals surface area (Å²) in [5, 5.41) is 9.57. The minimum Gasteiger partial charge on any atom is -0.494 e. The first-order valence-electron chi connectivity index (χ1n) is 13.9. The summed E-state index contributed by atoms with van der Waals surface area (Å²) in [6.07, 6.45) is 3.21. The summed E-state index contributed by atoms with van der Waals surface area (Å²) in [5.41, 5.74) is 1.47. The van der Waals surface area contributed by atoms with Crippen molar-refractivity contribution >= 4 is 35.2 Å². The summed E-state index contributed by atoms with van der Waals surface area (Å²) in [7, 11) is 1.43. The highest BCUT2D eigenvalue weighted by Gasteiger charge is 2.45. The Balaban J connectivity index is 1.37. The molecule has 12 heteroatoms. The Kier molecular flexibility index (Phi) is 8.66. The van der Waals surface area contributed by atoms with Crippen LogP contribution >= 0.6 is 23.2 Å². The van der Waals surface area contributed by atoms with Gasteiger partial charge in [0, 0.05) is 47.6 Å². The van der Waals surface area contributed by atoms with E-state index in [0.29, 0.717) is 40.8 Å². The molecule has 224 valence electrons. The highest BCUT2D eigenvalue weighted by Crippen LogP contribution is 2.35. The molecule has 3 heterocycles. The Bertz CT molecular complexity index is 1460. The first kappa shape index (κ1) is 30.1. The van der Waals surface area contributed by atoms with Crippen LogP contribution in [0.25, 0.3) is 11.3 Å². The van der Waals surface area contributed by atoms with Crippen LogP contribution in [-0.2, 0) is 9.53 Å². The van der Waals surface area contributed by atoms with Crippen molar-refractivity contribution in [1.29, 1.82) is 0 Å². The van der Waals surface area contributed by atoms with Crippen molar-refractivity contribution in [2.45, 2.75) is 63.6 Å². The summed E-state index contributed by atoms with van der Waals surface area (Å²) in [6, 6.07) is 8.93. The molecule has 2 fully saturated rings. The molecule has 2 saturated heterocycles. The van der Waals surface area contributed by atoms with Gasteiger partial charge >= 0.3 is 6.09 Å². The van der Waals surface area contributed by atoms with Crippen LogP contribution in [0.2, 0.25) is 10.0 Å². The molecule has 0 radical (unpaired) electrons. The highest BCUT2D eigenvalue weighted by atomic mass is 35.5. The van der Waals surface area contributed by atoms with Crippen molar-refractivity contribution in [1.82, 2.24) is 24.8 Å². The third kappa shape index (κ3) is 6.65. The Hall–Kier alpha value is -3.37. The molecular formula is C30H34Cl2FN5O4. The topological polar surface area (TPSA) is 89.8 Å². The lowest BCUT2D eigenvalue weighted by molar-refractivity contribution is -0.137. The fraction of sp³-hybridized carbons (Fsp3) is 0.467. The number of amides is 2. The second kappa shape index (κ2) is 12.1. The summed E-state index contributed by atoms with van der Waals surface area (Å²) in [4.78, 5) is 30.7. The van der Waals surface area contributed by atoms with Gasteiger partial charge in [0.25, 0.3) is 0 Å². The van der Waals surface area contributed by atoms with E-state index in [1.807, 2.05) is 0 Å². The molecule has 3 atom stereocenters. The number of hydrogen-bond donors (Lipinski definition) is 0. The van der Waals surface area contributed by atoms with Crippen molar-refractivity contribution < 1.29 is 23.5 Å². The number of aromatic nitrogens is 3. The monoisotopic (exact) mass is 617 g/mol. The third-order valence-electron chi connectivity index (χ3n) is 7.61. The number of likely N-dealkylation sites (tertiary alicyclic amines) is 2. The van der Waals surface area contributed by atoms with Gasteiger partial charge in [0.15, 0.2) is 11.6 Å². The van der Waals surface area contributed by atoms with Gasteiger partial charge < -0.3 is 14.4 Å². The SMILES string of the molecule is COc1cc(C2CCCN(C(=O)[C@H]3CC(n4cc(-c5cc(Cl)cc(Cl)c5)nn4)CN3C(=O)OC(C)(C)C)C2)ccc1F. The molecule has 0 saturated carbocycles. The van der Waals surface area contributed by atoms with Crippen molar-refractivity contribution in [2.24, 2.45) is 0 Å². The van der Waals surface area contributed by atoms with Crippen LogP contribution in [0.3, 0.4) is 0 Å². The molecule has 2 unspecified atom stereocenters. The Morgan fingerprint density at radius 2 is 1.81 bits per heavy atom. The number of halogens is 3. The van der Waals surface area contributed by atoms with Gasteiger partial charge in [-0.25, -0.2) is 13.9 Å². The first-order chi connectivity index (χ1) is 19.9. The number of hydrogen-bond acceptors (Lipinski definition) is 6. The maximum absolute atomic E-state index is 14.0. The molecule has 1 aromatic heterocycles. The van der Waals surface area contributed by atoms with Crippen molar-refractivity contribution in [3.8, 4) is 17.0 Å². The van der Waals surface area contributed by atoms with Crippen LogP contribution in [0.5, 0.6) is 5.75 Å². The second-order valence-electron chi connectivity index (χ2n) is 11.8. The quantitative estimate of drug-likeness (QED) is 0.331. The van der Waals surface area contributed by atoms with Gasteiger partial charge in [-0.1, -0.05) is 34.5 Å². The van der Waals surface area contributed by atoms with E-state index in [2.05, 4.69) is 10.3 Å². The highest BCUT2D eigenvalue weighted by molar-refractivity contribution is 6.35. The smallest absolute Gasteiger partial charge is 0.411 e. The number of piperidine rings is 1. The standard InChI is InChI=1S/C30H34Cl2FN5O4/c1-30(2,3)42-29(40)37-16-23(38-17-25(34-35-38)20-10-21(31)13-22(32)11-20)14-26(37)28(39)36-9-5-6-19(15-36)18-7-8-24(33)27(12-18)41-4/h7-8,10-13,17,19,23,26H,5-6,9,14-16H2,1-4H3/t19?,23?,26-/m1/s1. The van der Waals surface area contributed by atoms with Crippen LogP contribution in [-0.4, -0.2) is 75.2 Å². The molecule has 0 aliphatic carbocycles. The Labute approximate surface area is 254 Å². The van der Waals surface area contributed by atoms with E-state index in [4.69, 9.17) is 32.7 Å². The predicted molar refractivity (Wildman–Crippen MR) is 157 cm³/mol. The number of carbonyl (C=O) groups excluding carboxylic acids is 2. The third-order valence-corrected chi connectivity index (χ3v) is 8.05. The van der Waals surface area contributed by atoms with E-state index < -0.39 is 23.6 Å². The molecule has 42 heavy (non-hydrogen) atoms. The van der Waals surface area contributed by atoms with Gasteiger partial charge in [-0.3, -0.25) is 9.69 Å². The predicted octanol–water partition coefficient (Wildman–Crippen LogP) is 6.36. The van der Waals surface area contributed by atoms with E-state index in [9.17, 15) is 14.0 Å². The Morgan fingerprint density at radius 3 is 2.50 bits per heavy atom. The maximum atomic E-state index is 14.0. The van der Waals surface area contributed by atoms with Crippen LogP contribution in [0.1, 0.15) is 57.6 Å². The summed E-state index contributed by atoms with van der Waals surface area (Å²) in [5.74, 6) is -0.376. The van der Waals surface area contributed by atoms with Gasteiger partial charge in [0.1, 0.15) is 17.3 Å². The summed E-state index contributed by atoms with van der Waals surface area (Å²) in [6.45, 7) is 6.64. The summed E-state index contributed by atoms with van der Waals surface area (Å²) < 4.78 is 26.6. The first-order valence-corrected chi connectivity index (χ1v) is 14.7. The molecule has 0 spiro atoms. The fourth-order valence-electron chi connectivity index (χ4n) is 5.64. The van der Waals surface area contributed by atoms with Gasteiger partial charge in [-0.2, -0.15) is 0 Å². The summed E-state index contributed by atoms with van der Waals surface area (Å²) >= 11 is 12.4. The average Bonchev–Trinajstić information content (AvgIpc) is 3.60. The largest absolute Gasteiger partial charge is 0.494 e. The minimum absolute atomic E-state index is 0.0202. The molecule has 2 aliphatic rings. The molecule has 2 aromatic carbocycles. The van der Waals surface area contributed by atoms with E-state index in [0.717, 1.165) is 18.4 Å². The molecule has 2 aliphatic heterocycles. The minimum atomic E-state index is -0.736. The van der Waals surface area contributed by atoms with Crippen molar-refractivity contribution in [3.63, 3.8) is 0 Å². The van der Waals surface area contributed by atoms with Crippen LogP contribution in [0, 0.1) is 5.82 Å². The van der Waals surface area contributed by atoms with Gasteiger partial charge in [0.2, 0.25) is 5.91 Å². The lowest BCUT2D eigenvalue weighted by Crippen LogP contribution is -2.51. The number of carbonyl (C=O) groups is 2. The van der Waals surface area contributed by atoms with E-state index in [1.54, 1.807) is 66.9 Å². The zero-order chi connectivity index (χ0) is 30.2. The van der Waals surface area contributed by atoms with Crippen molar-refractivity contribution in [3.05, 3.63) is 64.0 Å². The van der Waals surface area contributed by atoms with Gasteiger partial charge in [-0.05, 0) is 69.5 Å². The number of rotatable bonds is 5. The zero-order valence-corrected chi connectivity index (χ0v) is 25.5. The molecular weight excluding hydrogens is 584 g/mol. The normalized spacial score (nSPS) is 21.0. The van der Waals surface area contributed by atoms with Crippen LogP contribution < -0.4 is 4.74 Å². The zero-order valence-electron chi connectivity index (χ0n) is 24.0. The van der Waals surface area contributed by atoms with Crippen molar-refractivity contribution in [2.75, 3.05) is 26.7 Å². The molecule has 0 N–H and O–H groups in total. The number of methoxy groups -OCH3 is 1. The number of ether oxygens (including phenoxy) is 2. The van der Waals surface area contributed by atoms with Crippen LogP contribution in [0.15, 0.2) is 42.6 Å². The van der Waals surface area contributed by atoms with Gasteiger partial charge in [-0.15, -0.1) is 5.10 Å². The number of nitrogens with zero attached hydrogens (tertiary/aromatic N) is 5. The second-order valence-corrected chi connectivity index (χ2v) is 12.7. The molecule has 9 nitrogen and oxygen atoms in total.